The molecule has 15 heavy (non-hydrogen) atoms. The number of aliphatic hydroxyl groups excluding tert-OH is 1. The molecule has 0 aliphatic carbocycles. The van der Waals surface area contributed by atoms with Crippen LogP contribution in [0.25, 0.3) is 0 Å². The van der Waals surface area contributed by atoms with E-state index in [9.17, 15) is 9.90 Å². The third kappa shape index (κ3) is 2.14. The first-order valence-corrected chi connectivity index (χ1v) is 4.39. The summed E-state index contributed by atoms with van der Waals surface area (Å²) in [5.41, 5.74) is 1.88. The number of hydrogen-bond donors (Lipinski definition) is 2. The van der Waals surface area contributed by atoms with Crippen molar-refractivity contribution in [2.45, 2.75) is 20.0 Å². The number of hydrogen-bond acceptors (Lipinski definition) is 3. The Morgan fingerprint density at radius 1 is 1.47 bits per heavy atom. The SMILES string of the molecule is Cc1cc(C)c(C#N)c(C(O)C(=O)O)c1. The largest absolute Gasteiger partial charge is 0.479 e. The van der Waals surface area contributed by atoms with Crippen molar-refractivity contribution in [2.24, 2.45) is 0 Å². The summed E-state index contributed by atoms with van der Waals surface area (Å²) in [6.45, 7) is 3.50. The van der Waals surface area contributed by atoms with Crippen LogP contribution in [0.1, 0.15) is 28.4 Å². The molecule has 2 N–H and O–H groups in total. The lowest BCUT2D eigenvalue weighted by Gasteiger charge is -2.11. The second-order valence-electron chi connectivity index (χ2n) is 3.40. The van der Waals surface area contributed by atoms with E-state index in [1.54, 1.807) is 19.9 Å². The smallest absolute Gasteiger partial charge is 0.337 e. The Labute approximate surface area is 87.4 Å². The van der Waals surface area contributed by atoms with Gasteiger partial charge in [-0.05, 0) is 19.4 Å². The van der Waals surface area contributed by atoms with E-state index in [0.29, 0.717) is 5.56 Å². The third-order valence-corrected chi connectivity index (χ3v) is 2.15. The maximum absolute atomic E-state index is 10.6. The van der Waals surface area contributed by atoms with Crippen LogP contribution < -0.4 is 0 Å². The molecule has 0 aromatic heterocycles. The lowest BCUT2D eigenvalue weighted by molar-refractivity contribution is -0.146. The van der Waals surface area contributed by atoms with Crippen molar-refractivity contribution in [1.29, 1.82) is 5.26 Å². The lowest BCUT2D eigenvalue weighted by atomic mass is 9.96. The quantitative estimate of drug-likeness (QED) is 0.762. The van der Waals surface area contributed by atoms with Gasteiger partial charge in [0, 0.05) is 5.56 Å². The Bertz CT molecular complexity index is 446. The Morgan fingerprint density at radius 2 is 2.07 bits per heavy atom. The molecular weight excluding hydrogens is 194 g/mol. The van der Waals surface area contributed by atoms with Gasteiger partial charge < -0.3 is 10.2 Å². The summed E-state index contributed by atoms with van der Waals surface area (Å²) in [6.07, 6.45) is -1.64. The van der Waals surface area contributed by atoms with Crippen molar-refractivity contribution < 1.29 is 15.0 Å². The Balaban J connectivity index is 3.40. The van der Waals surface area contributed by atoms with Crippen LogP contribution in [0, 0.1) is 25.2 Å². The fraction of sp³-hybridized carbons (Fsp3) is 0.273. The first-order chi connectivity index (χ1) is 6.97. The summed E-state index contributed by atoms with van der Waals surface area (Å²) in [5.74, 6) is -1.35. The number of benzene rings is 1. The van der Waals surface area contributed by atoms with E-state index in [-0.39, 0.29) is 11.1 Å². The second kappa shape index (κ2) is 4.11. The van der Waals surface area contributed by atoms with Gasteiger partial charge in [-0.25, -0.2) is 4.79 Å². The molecule has 78 valence electrons. The second-order valence-corrected chi connectivity index (χ2v) is 3.40. The molecule has 0 aliphatic rings. The van der Waals surface area contributed by atoms with Crippen LogP contribution >= 0.6 is 0 Å². The van der Waals surface area contributed by atoms with E-state index >= 15 is 0 Å². The van der Waals surface area contributed by atoms with E-state index in [1.807, 2.05) is 6.07 Å². The number of aliphatic carboxylic acids is 1. The summed E-state index contributed by atoms with van der Waals surface area (Å²) in [5, 5.41) is 27.0. The normalized spacial score (nSPS) is 11.9. The van der Waals surface area contributed by atoms with Gasteiger partial charge in [-0.1, -0.05) is 17.7 Å². The van der Waals surface area contributed by atoms with Crippen LogP contribution in [0.2, 0.25) is 0 Å². The monoisotopic (exact) mass is 205 g/mol. The first-order valence-electron chi connectivity index (χ1n) is 4.39. The van der Waals surface area contributed by atoms with E-state index in [4.69, 9.17) is 10.4 Å². The molecule has 0 saturated heterocycles. The molecule has 4 heteroatoms. The van der Waals surface area contributed by atoms with Crippen LogP contribution in [0.15, 0.2) is 12.1 Å². The van der Waals surface area contributed by atoms with Gasteiger partial charge in [-0.3, -0.25) is 0 Å². The predicted octanol–water partition coefficient (Wildman–Crippen LogP) is 1.29. The van der Waals surface area contributed by atoms with Crippen molar-refractivity contribution in [3.63, 3.8) is 0 Å². The Hall–Kier alpha value is -1.86. The van der Waals surface area contributed by atoms with Crippen LogP contribution in [-0.2, 0) is 4.79 Å². The number of aliphatic hydroxyl groups is 1. The molecule has 0 bridgehead atoms. The molecule has 0 spiro atoms. The molecule has 0 radical (unpaired) electrons. The number of carboxylic acid groups (broad SMARTS) is 1. The molecule has 4 nitrogen and oxygen atoms in total. The van der Waals surface area contributed by atoms with Crippen molar-refractivity contribution in [1.82, 2.24) is 0 Å². The molecular formula is C11H11NO3. The number of aryl methyl sites for hydroxylation is 2. The molecule has 0 fully saturated rings. The highest BCUT2D eigenvalue weighted by Gasteiger charge is 2.20. The van der Waals surface area contributed by atoms with E-state index in [0.717, 1.165) is 5.56 Å². The average molecular weight is 205 g/mol. The van der Waals surface area contributed by atoms with E-state index in [2.05, 4.69) is 0 Å². The topological polar surface area (TPSA) is 81.3 Å². The highest BCUT2D eigenvalue weighted by atomic mass is 16.4. The highest BCUT2D eigenvalue weighted by Crippen LogP contribution is 2.22. The molecule has 0 saturated carbocycles. The lowest BCUT2D eigenvalue weighted by Crippen LogP contribution is -2.13. The highest BCUT2D eigenvalue weighted by molar-refractivity contribution is 5.75. The maximum atomic E-state index is 10.6. The van der Waals surface area contributed by atoms with Crippen molar-refractivity contribution in [3.8, 4) is 6.07 Å². The number of nitrogens with zero attached hydrogens (tertiary/aromatic N) is 1. The molecule has 1 atom stereocenters. The zero-order valence-corrected chi connectivity index (χ0v) is 8.48. The zero-order chi connectivity index (χ0) is 11.6. The van der Waals surface area contributed by atoms with Crippen molar-refractivity contribution >= 4 is 5.97 Å². The molecule has 0 amide bonds. The van der Waals surface area contributed by atoms with Crippen molar-refractivity contribution in [2.75, 3.05) is 0 Å². The van der Waals surface area contributed by atoms with Gasteiger partial charge >= 0.3 is 5.97 Å². The van der Waals surface area contributed by atoms with Crippen molar-refractivity contribution in [3.05, 3.63) is 34.4 Å². The van der Waals surface area contributed by atoms with Gasteiger partial charge in [0.25, 0.3) is 0 Å². The van der Waals surface area contributed by atoms with Gasteiger partial charge in [0.2, 0.25) is 0 Å². The van der Waals surface area contributed by atoms with E-state index in [1.165, 1.54) is 6.07 Å². The van der Waals surface area contributed by atoms with Gasteiger partial charge in [-0.15, -0.1) is 0 Å². The molecule has 0 heterocycles. The van der Waals surface area contributed by atoms with Gasteiger partial charge in [0.1, 0.15) is 0 Å². The minimum absolute atomic E-state index is 0.155. The standard InChI is InChI=1S/C11H11NO3/c1-6-3-7(2)9(5-12)8(4-6)10(13)11(14)15/h3-4,10,13H,1-2H3,(H,14,15). The summed E-state index contributed by atoms with van der Waals surface area (Å²) < 4.78 is 0. The third-order valence-electron chi connectivity index (χ3n) is 2.15. The zero-order valence-electron chi connectivity index (χ0n) is 8.48. The maximum Gasteiger partial charge on any atom is 0.337 e. The number of nitriles is 1. The molecule has 1 unspecified atom stereocenters. The van der Waals surface area contributed by atoms with E-state index < -0.39 is 12.1 Å². The fourth-order valence-corrected chi connectivity index (χ4v) is 1.50. The predicted molar refractivity (Wildman–Crippen MR) is 53.2 cm³/mol. The number of carbonyl (C=O) groups is 1. The summed E-state index contributed by atoms with van der Waals surface area (Å²) in [7, 11) is 0. The summed E-state index contributed by atoms with van der Waals surface area (Å²) >= 11 is 0. The minimum Gasteiger partial charge on any atom is -0.479 e. The molecule has 0 aliphatic heterocycles. The fourth-order valence-electron chi connectivity index (χ4n) is 1.50. The number of rotatable bonds is 2. The summed E-state index contributed by atoms with van der Waals surface area (Å²) in [4.78, 5) is 10.6. The average Bonchev–Trinajstić information content (AvgIpc) is 2.15. The Morgan fingerprint density at radius 3 is 2.53 bits per heavy atom. The van der Waals surface area contributed by atoms with Crippen LogP contribution in [-0.4, -0.2) is 16.2 Å². The number of carboxylic acids is 1. The minimum atomic E-state index is -1.64. The van der Waals surface area contributed by atoms with Crippen LogP contribution in [0.3, 0.4) is 0 Å². The molecule has 1 aromatic rings. The molecule has 1 rings (SSSR count). The Kier molecular flexibility index (Phi) is 3.08. The first kappa shape index (κ1) is 11.2. The van der Waals surface area contributed by atoms with Crippen LogP contribution in [0.5, 0.6) is 0 Å². The molecule has 1 aromatic carbocycles. The van der Waals surface area contributed by atoms with Gasteiger partial charge in [0.15, 0.2) is 6.10 Å². The van der Waals surface area contributed by atoms with Crippen LogP contribution in [0.4, 0.5) is 0 Å². The summed E-state index contributed by atoms with van der Waals surface area (Å²) in [6, 6.07) is 5.20. The van der Waals surface area contributed by atoms with Gasteiger partial charge in [0.05, 0.1) is 11.6 Å². The van der Waals surface area contributed by atoms with Gasteiger partial charge in [-0.2, -0.15) is 5.26 Å².